The first-order valence-corrected chi connectivity index (χ1v) is 6.70. The zero-order valence-corrected chi connectivity index (χ0v) is 11.8. The summed E-state index contributed by atoms with van der Waals surface area (Å²) in [5, 5.41) is 30.4. The zero-order chi connectivity index (χ0) is 16.5. The van der Waals surface area contributed by atoms with Crippen LogP contribution < -0.4 is 5.32 Å². The molecule has 1 aliphatic heterocycles. The molecule has 0 aromatic carbocycles. The normalized spacial score (nSPS) is 29.4. The van der Waals surface area contributed by atoms with Crippen LogP contribution in [0.15, 0.2) is 12.3 Å². The molecule has 0 unspecified atom stereocenters. The molecule has 6 nitrogen and oxygen atoms in total. The Morgan fingerprint density at radius 2 is 2.05 bits per heavy atom. The molecule has 0 spiro atoms. The summed E-state index contributed by atoms with van der Waals surface area (Å²) in [6.07, 6.45) is -7.52. The molecule has 4 atom stereocenters. The van der Waals surface area contributed by atoms with Gasteiger partial charge in [0.1, 0.15) is 29.7 Å². The topological polar surface area (TPSA) is 94.8 Å². The molecule has 2 heterocycles. The largest absolute Gasteiger partial charge is 0.421 e. The number of halogens is 4. The lowest BCUT2D eigenvalue weighted by atomic mass is 9.98. The number of nitrogens with zero attached hydrogens (tertiary/aromatic N) is 1. The summed E-state index contributed by atoms with van der Waals surface area (Å²) in [6, 6.07) is -0.0372. The lowest BCUT2D eigenvalue weighted by Gasteiger charge is -2.37. The Kier molecular flexibility index (Phi) is 5.13. The van der Waals surface area contributed by atoms with E-state index in [4.69, 9.17) is 21.4 Å². The molecule has 4 N–H and O–H groups in total. The highest BCUT2D eigenvalue weighted by molar-refractivity contribution is 6.31. The number of alkyl halides is 3. The van der Waals surface area contributed by atoms with Crippen LogP contribution in [0.2, 0.25) is 5.02 Å². The number of hydrogen-bond donors (Lipinski definition) is 4. The van der Waals surface area contributed by atoms with Crippen LogP contribution in [0.25, 0.3) is 0 Å². The molecular weight excluding hydrogens is 329 g/mol. The van der Waals surface area contributed by atoms with Crippen molar-refractivity contribution in [2.24, 2.45) is 0 Å². The molecule has 1 aliphatic rings. The summed E-state index contributed by atoms with van der Waals surface area (Å²) < 4.78 is 44.1. The Labute approximate surface area is 128 Å². The summed E-state index contributed by atoms with van der Waals surface area (Å²) in [5.74, 6) is -0.567. The minimum absolute atomic E-state index is 0.213. The van der Waals surface area contributed by atoms with Crippen LogP contribution in [0.4, 0.5) is 19.0 Å². The molecule has 1 aromatic rings. The summed E-state index contributed by atoms with van der Waals surface area (Å²) in [5.41, 5.74) is -1.16. The lowest BCUT2D eigenvalue weighted by molar-refractivity contribution is -0.153. The number of nitrogens with one attached hydrogen (secondary N) is 1. The number of anilines is 1. The number of aliphatic hydroxyl groups excluding tert-OH is 3. The van der Waals surface area contributed by atoms with E-state index in [1.807, 2.05) is 0 Å². The van der Waals surface area contributed by atoms with Gasteiger partial charge in [-0.2, -0.15) is 13.2 Å². The fraction of sp³-hybridized carbons (Fsp3) is 0.583. The molecule has 0 radical (unpaired) electrons. The van der Waals surface area contributed by atoms with Gasteiger partial charge in [0.15, 0.2) is 0 Å². The van der Waals surface area contributed by atoms with E-state index < -0.39 is 53.5 Å². The van der Waals surface area contributed by atoms with Crippen molar-refractivity contribution in [1.29, 1.82) is 0 Å². The molecule has 2 rings (SSSR count). The number of aliphatic hydroxyl groups is 3. The molecule has 1 fully saturated rings. The van der Waals surface area contributed by atoms with Gasteiger partial charge in [0.25, 0.3) is 0 Å². The SMILES string of the molecule is OC[C@H]1OC[C@H](Nc2nccc(Cl)c2C(F)(F)F)[C@@H](O)[C@H]1O. The lowest BCUT2D eigenvalue weighted by Crippen LogP contribution is -2.56. The van der Waals surface area contributed by atoms with Crippen molar-refractivity contribution in [3.05, 3.63) is 22.8 Å². The van der Waals surface area contributed by atoms with Crippen molar-refractivity contribution in [3.8, 4) is 0 Å². The van der Waals surface area contributed by atoms with Gasteiger partial charge in [-0.3, -0.25) is 0 Å². The second kappa shape index (κ2) is 6.55. The maximum absolute atomic E-state index is 13.0. The van der Waals surface area contributed by atoms with Gasteiger partial charge in [-0.1, -0.05) is 11.6 Å². The third-order valence-corrected chi connectivity index (χ3v) is 3.63. The van der Waals surface area contributed by atoms with Gasteiger partial charge in [-0.15, -0.1) is 0 Å². The monoisotopic (exact) mass is 342 g/mol. The smallest absolute Gasteiger partial charge is 0.394 e. The van der Waals surface area contributed by atoms with Crippen molar-refractivity contribution in [2.45, 2.75) is 30.5 Å². The van der Waals surface area contributed by atoms with E-state index in [0.717, 1.165) is 12.3 Å². The van der Waals surface area contributed by atoms with E-state index in [9.17, 15) is 23.4 Å². The molecule has 0 bridgehead atoms. The quantitative estimate of drug-likeness (QED) is 0.644. The van der Waals surface area contributed by atoms with Crippen LogP contribution in [0.5, 0.6) is 0 Å². The second-order valence-electron chi connectivity index (χ2n) is 4.80. The van der Waals surface area contributed by atoms with Gasteiger partial charge in [0.05, 0.1) is 24.3 Å². The minimum Gasteiger partial charge on any atom is -0.394 e. The molecule has 124 valence electrons. The Bertz CT molecular complexity index is 532. The average molecular weight is 343 g/mol. The Morgan fingerprint density at radius 1 is 1.36 bits per heavy atom. The number of ether oxygens (including phenoxy) is 1. The molecular formula is C12H14ClF3N2O4. The van der Waals surface area contributed by atoms with Gasteiger partial charge in [0.2, 0.25) is 0 Å². The van der Waals surface area contributed by atoms with E-state index in [2.05, 4.69) is 10.3 Å². The van der Waals surface area contributed by atoms with E-state index in [-0.39, 0.29) is 6.61 Å². The highest BCUT2D eigenvalue weighted by atomic mass is 35.5. The predicted octanol–water partition coefficient (Wildman–Crippen LogP) is 0.647. The summed E-state index contributed by atoms with van der Waals surface area (Å²) in [4.78, 5) is 3.59. The standard InChI is InChI=1S/C12H14ClF3N2O4/c13-5-1-2-17-11(8(5)12(14,15)16)18-6-4-22-7(3-19)10(21)9(6)20/h1-2,6-7,9-10,19-21H,3-4H2,(H,17,18)/t6-,7+,9+,10-/m0/s1. The van der Waals surface area contributed by atoms with Crippen LogP contribution in [0.3, 0.4) is 0 Å². The van der Waals surface area contributed by atoms with Crippen LogP contribution in [-0.2, 0) is 10.9 Å². The number of aromatic nitrogens is 1. The molecule has 0 amide bonds. The molecule has 1 aromatic heterocycles. The van der Waals surface area contributed by atoms with Gasteiger partial charge < -0.3 is 25.4 Å². The van der Waals surface area contributed by atoms with Gasteiger partial charge in [-0.25, -0.2) is 4.98 Å². The maximum Gasteiger partial charge on any atom is 0.421 e. The van der Waals surface area contributed by atoms with Crippen molar-refractivity contribution in [3.63, 3.8) is 0 Å². The van der Waals surface area contributed by atoms with Crippen LogP contribution in [0.1, 0.15) is 5.56 Å². The number of rotatable bonds is 3. The first kappa shape index (κ1) is 17.2. The van der Waals surface area contributed by atoms with E-state index in [0.29, 0.717) is 0 Å². The fourth-order valence-electron chi connectivity index (χ4n) is 2.16. The summed E-state index contributed by atoms with van der Waals surface area (Å²) >= 11 is 5.57. The third-order valence-electron chi connectivity index (χ3n) is 3.32. The molecule has 0 aliphatic carbocycles. The van der Waals surface area contributed by atoms with Crippen molar-refractivity contribution in [2.75, 3.05) is 18.5 Å². The Balaban J connectivity index is 2.23. The van der Waals surface area contributed by atoms with Crippen LogP contribution in [0, 0.1) is 0 Å². The molecule has 22 heavy (non-hydrogen) atoms. The summed E-state index contributed by atoms with van der Waals surface area (Å²) in [6.45, 7) is -0.733. The van der Waals surface area contributed by atoms with Crippen LogP contribution >= 0.6 is 11.6 Å². The van der Waals surface area contributed by atoms with Gasteiger partial charge in [0, 0.05) is 6.20 Å². The zero-order valence-electron chi connectivity index (χ0n) is 11.1. The predicted molar refractivity (Wildman–Crippen MR) is 70.5 cm³/mol. The van der Waals surface area contributed by atoms with Crippen molar-refractivity contribution >= 4 is 17.4 Å². The minimum atomic E-state index is -4.74. The first-order valence-electron chi connectivity index (χ1n) is 6.32. The number of hydrogen-bond acceptors (Lipinski definition) is 6. The van der Waals surface area contributed by atoms with Gasteiger partial charge >= 0.3 is 6.18 Å². The highest BCUT2D eigenvalue weighted by Crippen LogP contribution is 2.39. The maximum atomic E-state index is 13.0. The number of pyridine rings is 1. The Hall–Kier alpha value is -1.13. The van der Waals surface area contributed by atoms with Crippen molar-refractivity contribution in [1.82, 2.24) is 4.98 Å². The summed E-state index contributed by atoms with van der Waals surface area (Å²) in [7, 11) is 0. The van der Waals surface area contributed by atoms with E-state index >= 15 is 0 Å². The Morgan fingerprint density at radius 3 is 2.64 bits per heavy atom. The molecule has 0 saturated carbocycles. The third kappa shape index (κ3) is 3.44. The first-order chi connectivity index (χ1) is 10.3. The molecule has 10 heteroatoms. The van der Waals surface area contributed by atoms with E-state index in [1.54, 1.807) is 0 Å². The highest BCUT2D eigenvalue weighted by Gasteiger charge is 2.41. The fourth-order valence-corrected chi connectivity index (χ4v) is 2.42. The second-order valence-corrected chi connectivity index (χ2v) is 5.21. The van der Waals surface area contributed by atoms with Gasteiger partial charge in [-0.05, 0) is 6.07 Å². The van der Waals surface area contributed by atoms with Crippen LogP contribution in [-0.4, -0.2) is 57.9 Å². The van der Waals surface area contributed by atoms with Crippen molar-refractivity contribution < 1.29 is 33.2 Å². The van der Waals surface area contributed by atoms with E-state index in [1.165, 1.54) is 0 Å². The molecule has 1 saturated heterocycles. The average Bonchev–Trinajstić information content (AvgIpc) is 2.43.